The molecule has 0 radical (unpaired) electrons. The first kappa shape index (κ1) is 17.3. The predicted octanol–water partition coefficient (Wildman–Crippen LogP) is 4.37. The van der Waals surface area contributed by atoms with Crippen LogP contribution in [0.3, 0.4) is 0 Å². The molecule has 0 fully saturated rings. The van der Waals surface area contributed by atoms with Gasteiger partial charge in [-0.2, -0.15) is 0 Å². The number of anilines is 1. The van der Waals surface area contributed by atoms with Crippen LogP contribution in [0.5, 0.6) is 0 Å². The van der Waals surface area contributed by atoms with Crippen molar-refractivity contribution in [2.24, 2.45) is 0 Å². The van der Waals surface area contributed by atoms with Crippen molar-refractivity contribution in [3.63, 3.8) is 0 Å². The van der Waals surface area contributed by atoms with E-state index in [1.54, 1.807) is 17.2 Å². The zero-order valence-corrected chi connectivity index (χ0v) is 16.0. The maximum atomic E-state index is 13.0. The first-order valence-corrected chi connectivity index (χ1v) is 9.48. The maximum Gasteiger partial charge on any atom is 0.270 e. The summed E-state index contributed by atoms with van der Waals surface area (Å²) in [6.07, 6.45) is 3.82. The number of nitrogen functional groups attached to an aromatic ring is 1. The molecule has 5 nitrogen and oxygen atoms in total. The molecule has 0 saturated carbocycles. The van der Waals surface area contributed by atoms with Gasteiger partial charge in [-0.05, 0) is 41.0 Å². The number of carbonyl (C=O) groups is 1. The lowest BCUT2D eigenvalue weighted by Gasteiger charge is -2.14. The Morgan fingerprint density at radius 1 is 0.897 bits per heavy atom. The number of carbonyl (C=O) groups excluding carboxylic acids is 1. The van der Waals surface area contributed by atoms with Crippen LogP contribution in [0.4, 0.5) is 5.82 Å². The normalized spacial score (nSPS) is 13.0. The number of fused-ring (bicyclic) bond motifs is 3. The molecule has 0 spiro atoms. The fourth-order valence-corrected chi connectivity index (χ4v) is 3.82. The summed E-state index contributed by atoms with van der Waals surface area (Å²) in [7, 11) is 1.84. The van der Waals surface area contributed by atoms with Crippen molar-refractivity contribution in [2.75, 3.05) is 12.8 Å². The second-order valence-corrected chi connectivity index (χ2v) is 7.33. The summed E-state index contributed by atoms with van der Waals surface area (Å²) >= 11 is 0. The SMILES string of the molecule is CN1Cc2ccc(-c3ccc(N)nc3)cc2-n2cc(-c3ccccc3)cc2C1=O. The van der Waals surface area contributed by atoms with Gasteiger partial charge < -0.3 is 15.2 Å². The molecule has 2 aromatic heterocycles. The van der Waals surface area contributed by atoms with Crippen LogP contribution in [0.25, 0.3) is 27.9 Å². The van der Waals surface area contributed by atoms with Crippen molar-refractivity contribution in [3.8, 4) is 27.9 Å². The van der Waals surface area contributed by atoms with E-state index >= 15 is 0 Å². The second-order valence-electron chi connectivity index (χ2n) is 7.33. The first-order valence-electron chi connectivity index (χ1n) is 9.48. The Morgan fingerprint density at radius 3 is 2.45 bits per heavy atom. The van der Waals surface area contributed by atoms with Gasteiger partial charge in [-0.15, -0.1) is 0 Å². The number of pyridine rings is 1. The highest BCUT2D eigenvalue weighted by molar-refractivity contribution is 5.96. The third-order valence-electron chi connectivity index (χ3n) is 5.36. The number of benzene rings is 2. The van der Waals surface area contributed by atoms with Crippen LogP contribution in [0.2, 0.25) is 0 Å². The van der Waals surface area contributed by atoms with E-state index < -0.39 is 0 Å². The topological polar surface area (TPSA) is 64.2 Å². The lowest BCUT2D eigenvalue weighted by Crippen LogP contribution is -2.25. The monoisotopic (exact) mass is 380 g/mol. The summed E-state index contributed by atoms with van der Waals surface area (Å²) in [4.78, 5) is 19.0. The molecular weight excluding hydrogens is 360 g/mol. The van der Waals surface area contributed by atoms with Crippen molar-refractivity contribution >= 4 is 11.7 Å². The Labute approximate surface area is 169 Å². The van der Waals surface area contributed by atoms with Crippen molar-refractivity contribution in [1.82, 2.24) is 14.5 Å². The van der Waals surface area contributed by atoms with Crippen LogP contribution >= 0.6 is 0 Å². The number of rotatable bonds is 2. The van der Waals surface area contributed by atoms with Gasteiger partial charge in [0.15, 0.2) is 0 Å². The lowest BCUT2D eigenvalue weighted by molar-refractivity contribution is 0.0782. The minimum absolute atomic E-state index is 0.0130. The van der Waals surface area contributed by atoms with E-state index in [2.05, 4.69) is 35.3 Å². The van der Waals surface area contributed by atoms with Gasteiger partial charge in [-0.3, -0.25) is 4.79 Å². The predicted molar refractivity (Wildman–Crippen MR) is 115 cm³/mol. The fourth-order valence-electron chi connectivity index (χ4n) is 3.82. The molecule has 0 aliphatic carbocycles. The highest BCUT2D eigenvalue weighted by Gasteiger charge is 2.25. The molecule has 1 aliphatic heterocycles. The zero-order chi connectivity index (χ0) is 20.0. The summed E-state index contributed by atoms with van der Waals surface area (Å²) < 4.78 is 2.01. The van der Waals surface area contributed by atoms with Crippen molar-refractivity contribution in [3.05, 3.63) is 90.4 Å². The second kappa shape index (κ2) is 6.63. The molecule has 0 saturated heterocycles. The van der Waals surface area contributed by atoms with E-state index in [1.165, 1.54) is 0 Å². The number of amides is 1. The van der Waals surface area contributed by atoms with E-state index in [0.29, 0.717) is 18.1 Å². The van der Waals surface area contributed by atoms with E-state index in [4.69, 9.17) is 5.73 Å². The van der Waals surface area contributed by atoms with Gasteiger partial charge in [0.05, 0.1) is 5.69 Å². The smallest absolute Gasteiger partial charge is 0.270 e. The Balaban J connectivity index is 1.69. The summed E-state index contributed by atoms with van der Waals surface area (Å²) in [5.74, 6) is 0.509. The molecule has 1 amide bonds. The third kappa shape index (κ3) is 2.97. The van der Waals surface area contributed by atoms with Crippen LogP contribution < -0.4 is 5.73 Å². The molecule has 0 unspecified atom stereocenters. The molecule has 142 valence electrons. The largest absolute Gasteiger partial charge is 0.384 e. The minimum atomic E-state index is 0.0130. The quantitative estimate of drug-likeness (QED) is 0.561. The molecule has 2 aromatic carbocycles. The van der Waals surface area contributed by atoms with Crippen LogP contribution in [0.1, 0.15) is 16.1 Å². The summed E-state index contributed by atoms with van der Waals surface area (Å²) in [6, 6.07) is 22.1. The summed E-state index contributed by atoms with van der Waals surface area (Å²) in [5, 5.41) is 0. The molecule has 0 bridgehead atoms. The zero-order valence-electron chi connectivity index (χ0n) is 16.0. The Bertz CT molecular complexity index is 1210. The molecule has 4 aromatic rings. The number of nitrogens with two attached hydrogens (primary N) is 1. The Morgan fingerprint density at radius 2 is 1.69 bits per heavy atom. The van der Waals surface area contributed by atoms with E-state index in [-0.39, 0.29) is 5.91 Å². The van der Waals surface area contributed by atoms with Crippen molar-refractivity contribution in [1.29, 1.82) is 0 Å². The molecule has 5 heteroatoms. The number of nitrogens with zero attached hydrogens (tertiary/aromatic N) is 3. The van der Waals surface area contributed by atoms with Crippen LogP contribution in [-0.4, -0.2) is 27.4 Å². The molecule has 2 N–H and O–H groups in total. The van der Waals surface area contributed by atoms with Crippen LogP contribution in [-0.2, 0) is 6.54 Å². The standard InChI is InChI=1S/C24H20N4O/c1-27-14-19-8-7-17(18-9-10-23(25)26-13-18)11-21(19)28-15-20(12-22(28)24(27)29)16-5-3-2-4-6-16/h2-13,15H,14H2,1H3,(H2,25,26). The number of hydrogen-bond donors (Lipinski definition) is 1. The average molecular weight is 380 g/mol. The fraction of sp³-hybridized carbons (Fsp3) is 0.0833. The molecule has 29 heavy (non-hydrogen) atoms. The first-order chi connectivity index (χ1) is 14.1. The number of aromatic nitrogens is 2. The molecular formula is C24H20N4O. The van der Waals surface area contributed by atoms with Gasteiger partial charge in [0.25, 0.3) is 5.91 Å². The van der Waals surface area contributed by atoms with Gasteiger partial charge in [0.1, 0.15) is 11.5 Å². The summed E-state index contributed by atoms with van der Waals surface area (Å²) in [6.45, 7) is 0.566. The minimum Gasteiger partial charge on any atom is -0.384 e. The Kier molecular flexibility index (Phi) is 3.95. The lowest BCUT2D eigenvalue weighted by atomic mass is 10.0. The Hall–Kier alpha value is -3.86. The number of hydrogen-bond acceptors (Lipinski definition) is 3. The van der Waals surface area contributed by atoms with Gasteiger partial charge in [0.2, 0.25) is 0 Å². The highest BCUT2D eigenvalue weighted by atomic mass is 16.2. The maximum absolute atomic E-state index is 13.0. The van der Waals surface area contributed by atoms with E-state index in [1.807, 2.05) is 48.1 Å². The van der Waals surface area contributed by atoms with Gasteiger partial charge in [-0.25, -0.2) is 4.98 Å². The average Bonchev–Trinajstić information content (AvgIpc) is 3.16. The molecule has 0 atom stereocenters. The molecule has 3 heterocycles. The third-order valence-corrected chi connectivity index (χ3v) is 5.36. The highest BCUT2D eigenvalue weighted by Crippen LogP contribution is 2.32. The van der Waals surface area contributed by atoms with Gasteiger partial charge >= 0.3 is 0 Å². The van der Waals surface area contributed by atoms with E-state index in [0.717, 1.165) is 33.5 Å². The van der Waals surface area contributed by atoms with Crippen molar-refractivity contribution in [2.45, 2.75) is 6.54 Å². The molecule has 1 aliphatic rings. The molecule has 5 rings (SSSR count). The van der Waals surface area contributed by atoms with E-state index in [9.17, 15) is 4.79 Å². The van der Waals surface area contributed by atoms with Crippen LogP contribution in [0, 0.1) is 0 Å². The van der Waals surface area contributed by atoms with Crippen LogP contribution in [0.15, 0.2) is 79.1 Å². The summed E-state index contributed by atoms with van der Waals surface area (Å²) in [5.41, 5.74) is 12.6. The van der Waals surface area contributed by atoms with Gasteiger partial charge in [-0.1, -0.05) is 42.5 Å². The van der Waals surface area contributed by atoms with Crippen molar-refractivity contribution < 1.29 is 4.79 Å². The van der Waals surface area contributed by atoms with Gasteiger partial charge in [0, 0.05) is 37.1 Å².